The molecule has 0 N–H and O–H groups in total. The second-order valence-corrected chi connectivity index (χ2v) is 1.05. The molecule has 1 heteroatoms. The molecule has 0 radical (unpaired) electrons. The van der Waals surface area contributed by atoms with Crippen molar-refractivity contribution in [2.24, 2.45) is 0 Å². The Balaban J connectivity index is 2.45. The highest BCUT2D eigenvalue weighted by Gasteiger charge is 1.72. The third-order valence-corrected chi connectivity index (χ3v) is 0.493. The van der Waals surface area contributed by atoms with Gasteiger partial charge >= 0.3 is 0 Å². The van der Waals surface area contributed by atoms with Gasteiger partial charge in [-0.15, -0.1) is 0 Å². The molecule has 0 fully saturated rings. The minimum absolute atomic E-state index is 0.486. The first-order chi connectivity index (χ1) is 3.41. The van der Waals surface area contributed by atoms with Crippen LogP contribution in [-0.4, -0.2) is 13.2 Å². The lowest BCUT2D eigenvalue weighted by atomic mass is 10.5. The maximum atomic E-state index is 6.70. The van der Waals surface area contributed by atoms with Crippen molar-refractivity contribution in [2.75, 3.05) is 13.2 Å². The fourth-order valence-electron chi connectivity index (χ4n) is 0.246. The molecule has 0 saturated heterocycles. The first-order valence-electron chi connectivity index (χ1n) is 2.99. The predicted molar refractivity (Wildman–Crippen MR) is 26.8 cm³/mol. The van der Waals surface area contributed by atoms with Crippen LogP contribution in [0.4, 0.5) is 0 Å². The van der Waals surface area contributed by atoms with Gasteiger partial charge < -0.3 is 4.74 Å². The fraction of sp³-hybridized carbons (Fsp3) is 1.00. The van der Waals surface area contributed by atoms with Crippen LogP contribution >= 0.6 is 0 Å². The van der Waals surface area contributed by atoms with Gasteiger partial charge in [-0.05, 0) is 13.3 Å². The molecule has 0 saturated carbocycles. The molecule has 6 heavy (non-hydrogen) atoms. The van der Waals surface area contributed by atoms with Gasteiger partial charge in [-0.1, -0.05) is 6.90 Å². The summed E-state index contributed by atoms with van der Waals surface area (Å²) in [6.45, 7) is 3.98. The van der Waals surface area contributed by atoms with Crippen LogP contribution in [0.25, 0.3) is 0 Å². The van der Waals surface area contributed by atoms with Crippen LogP contribution in [0.15, 0.2) is 0 Å². The van der Waals surface area contributed by atoms with Crippen molar-refractivity contribution >= 4 is 0 Å². The minimum Gasteiger partial charge on any atom is -0.382 e. The van der Waals surface area contributed by atoms with Gasteiger partial charge in [0.25, 0.3) is 0 Å². The zero-order chi connectivity index (χ0) is 5.54. The molecule has 0 aliphatic carbocycles. The Morgan fingerprint density at radius 3 is 3.17 bits per heavy atom. The topological polar surface area (TPSA) is 9.23 Å². The quantitative estimate of drug-likeness (QED) is 0.476. The van der Waals surface area contributed by atoms with E-state index in [-0.39, 0.29) is 0 Å². The molecule has 0 heterocycles. The van der Waals surface area contributed by atoms with Crippen LogP contribution in [0, 0.1) is 0 Å². The second kappa shape index (κ2) is 4.96. The van der Waals surface area contributed by atoms with Gasteiger partial charge in [-0.25, -0.2) is 0 Å². The summed E-state index contributed by atoms with van der Waals surface area (Å²) in [7, 11) is 0. The van der Waals surface area contributed by atoms with Crippen molar-refractivity contribution in [3.05, 3.63) is 0 Å². The van der Waals surface area contributed by atoms with Gasteiger partial charge in [-0.3, -0.25) is 0 Å². The summed E-state index contributed by atoms with van der Waals surface area (Å²) >= 11 is 0. The van der Waals surface area contributed by atoms with E-state index >= 15 is 0 Å². The predicted octanol–water partition coefficient (Wildman–Crippen LogP) is 1.43. The second-order valence-electron chi connectivity index (χ2n) is 1.05. The molecule has 0 aliphatic heterocycles. The van der Waals surface area contributed by atoms with E-state index in [1.54, 1.807) is 0 Å². The molecule has 0 aromatic rings. The SMILES string of the molecule is [3H]CCCOCC. The number of ether oxygens (including phenoxy) is 1. The first-order valence-corrected chi connectivity index (χ1v) is 2.28. The summed E-state index contributed by atoms with van der Waals surface area (Å²) in [5.41, 5.74) is 0. The van der Waals surface area contributed by atoms with E-state index in [1.165, 1.54) is 0 Å². The van der Waals surface area contributed by atoms with E-state index < -0.39 is 0 Å². The van der Waals surface area contributed by atoms with E-state index in [1.807, 2.05) is 6.92 Å². The maximum absolute atomic E-state index is 6.70. The molecule has 0 aromatic carbocycles. The monoisotopic (exact) mass is 90.1 g/mol. The van der Waals surface area contributed by atoms with Crippen molar-refractivity contribution in [3.8, 4) is 0 Å². The molecule has 0 unspecified atom stereocenters. The lowest BCUT2D eigenvalue weighted by Crippen LogP contribution is -1.88. The van der Waals surface area contributed by atoms with Crippen molar-refractivity contribution < 1.29 is 6.11 Å². The van der Waals surface area contributed by atoms with Crippen LogP contribution in [0.1, 0.15) is 21.6 Å². The summed E-state index contributed by atoms with van der Waals surface area (Å²) in [5.74, 6) is 0. The van der Waals surface area contributed by atoms with Gasteiger partial charge in [0.2, 0.25) is 0 Å². The molecular weight excluding hydrogens is 76.1 g/mol. The minimum atomic E-state index is 0.486. The highest BCUT2D eigenvalue weighted by atomic mass is 16.5. The molecule has 1 nitrogen and oxygen atoms in total. The first kappa shape index (κ1) is 4.13. The van der Waals surface area contributed by atoms with Crippen LogP contribution < -0.4 is 0 Å². The van der Waals surface area contributed by atoms with Gasteiger partial charge in [0.1, 0.15) is 0 Å². The molecule has 0 aromatic heterocycles. The third kappa shape index (κ3) is 3.96. The smallest absolute Gasteiger partial charge is 0.0463 e. The summed E-state index contributed by atoms with van der Waals surface area (Å²) in [5, 5.41) is 0. The van der Waals surface area contributed by atoms with E-state index in [0.717, 1.165) is 19.6 Å². The number of hydrogen-bond donors (Lipinski definition) is 0. The average Bonchev–Trinajstić information content (AvgIpc) is 1.69. The van der Waals surface area contributed by atoms with Gasteiger partial charge in [0.15, 0.2) is 0 Å². The Hall–Kier alpha value is -0.0400. The van der Waals surface area contributed by atoms with E-state index in [4.69, 9.17) is 6.11 Å². The largest absolute Gasteiger partial charge is 0.382 e. The zero-order valence-electron chi connectivity index (χ0n) is 5.24. The molecule has 0 rings (SSSR count). The van der Waals surface area contributed by atoms with E-state index in [9.17, 15) is 0 Å². The van der Waals surface area contributed by atoms with Crippen molar-refractivity contribution in [3.63, 3.8) is 0 Å². The normalized spacial score (nSPS) is 11.2. The Labute approximate surface area is 40.7 Å². The van der Waals surface area contributed by atoms with Crippen LogP contribution in [0.2, 0.25) is 0 Å². The zero-order valence-corrected chi connectivity index (χ0v) is 4.24. The molecule has 0 atom stereocenters. The molecule has 0 spiro atoms. The van der Waals surface area contributed by atoms with Gasteiger partial charge in [0, 0.05) is 14.6 Å². The van der Waals surface area contributed by atoms with E-state index in [0.29, 0.717) is 6.90 Å². The number of hydrogen-bond acceptors (Lipinski definition) is 1. The van der Waals surface area contributed by atoms with Crippen LogP contribution in [0.5, 0.6) is 0 Å². The lowest BCUT2D eigenvalue weighted by molar-refractivity contribution is 0.148. The third-order valence-electron chi connectivity index (χ3n) is 0.493. The summed E-state index contributed by atoms with van der Waals surface area (Å²) in [6.07, 6.45) is 0.869. The van der Waals surface area contributed by atoms with Crippen molar-refractivity contribution in [1.29, 1.82) is 0 Å². The summed E-state index contributed by atoms with van der Waals surface area (Å²) in [6, 6.07) is 0. The highest BCUT2D eigenvalue weighted by molar-refractivity contribution is 4.19. The van der Waals surface area contributed by atoms with Crippen molar-refractivity contribution in [2.45, 2.75) is 20.2 Å². The van der Waals surface area contributed by atoms with Crippen LogP contribution in [-0.2, 0) is 4.74 Å². The molecule has 38 valence electrons. The Morgan fingerprint density at radius 1 is 1.83 bits per heavy atom. The van der Waals surface area contributed by atoms with Gasteiger partial charge in [-0.2, -0.15) is 0 Å². The average molecular weight is 90.2 g/mol. The standard InChI is InChI=1S/C5H12O/c1-3-5-6-4-2/h3-5H2,1-2H3/i1T. The molecule has 0 aliphatic rings. The lowest BCUT2D eigenvalue weighted by Gasteiger charge is -1.91. The number of rotatable bonds is 3. The summed E-state index contributed by atoms with van der Waals surface area (Å²) < 4.78 is 11.7. The Bertz CT molecular complexity index is 27.3. The molecular formula is C5H12O. The van der Waals surface area contributed by atoms with Crippen molar-refractivity contribution in [1.82, 2.24) is 0 Å². The molecule has 0 bridgehead atoms. The molecule has 0 amide bonds. The van der Waals surface area contributed by atoms with Gasteiger partial charge in [0.05, 0.1) is 0 Å². The Morgan fingerprint density at radius 2 is 2.67 bits per heavy atom. The van der Waals surface area contributed by atoms with Crippen LogP contribution in [0.3, 0.4) is 0 Å². The highest BCUT2D eigenvalue weighted by Crippen LogP contribution is 1.75. The summed E-state index contributed by atoms with van der Waals surface area (Å²) in [4.78, 5) is 0. The fourth-order valence-corrected chi connectivity index (χ4v) is 0.246. The van der Waals surface area contributed by atoms with E-state index in [2.05, 4.69) is 0 Å². The maximum Gasteiger partial charge on any atom is 0.0463 e. The Kier molecular flexibility index (Phi) is 3.41.